The summed E-state index contributed by atoms with van der Waals surface area (Å²) < 4.78 is 0. The maximum Gasteiger partial charge on any atom is 0.0646 e. The number of likely N-dealkylation sites (N-methyl/N-ethyl adjacent to an activating group) is 1. The summed E-state index contributed by atoms with van der Waals surface area (Å²) in [6.07, 6.45) is 0. The molecule has 0 saturated heterocycles. The van der Waals surface area contributed by atoms with Gasteiger partial charge in [0.25, 0.3) is 0 Å². The number of nitrogens with zero attached hydrogens (tertiary/aromatic N) is 1. The van der Waals surface area contributed by atoms with Gasteiger partial charge in [-0.2, -0.15) is 0 Å². The summed E-state index contributed by atoms with van der Waals surface area (Å²) in [4.78, 5) is 6.24. The Morgan fingerprint density at radius 3 is 2.62 bits per heavy atom. The van der Waals surface area contributed by atoms with E-state index in [4.69, 9.17) is 4.98 Å². The lowest BCUT2D eigenvalue weighted by atomic mass is 9.89. The molecule has 0 spiro atoms. The van der Waals surface area contributed by atoms with Crippen LogP contribution in [0.4, 0.5) is 5.69 Å². The molecule has 4 heteroatoms. The van der Waals surface area contributed by atoms with Gasteiger partial charge in [-0.25, -0.2) is 0 Å². The molecular formula is C22H25N3S. The maximum atomic E-state index is 4.84. The Bertz CT molecular complexity index is 941. The predicted octanol–water partition coefficient (Wildman–Crippen LogP) is 5.34. The second-order valence-electron chi connectivity index (χ2n) is 7.10. The molecule has 0 unspecified atom stereocenters. The van der Waals surface area contributed by atoms with Crippen LogP contribution >= 0.6 is 11.3 Å². The molecule has 4 rings (SSSR count). The van der Waals surface area contributed by atoms with Crippen molar-refractivity contribution in [2.24, 2.45) is 0 Å². The smallest absolute Gasteiger partial charge is 0.0646 e. The minimum Gasteiger partial charge on any atom is -0.378 e. The summed E-state index contributed by atoms with van der Waals surface area (Å²) in [5, 5.41) is 9.05. The summed E-state index contributed by atoms with van der Waals surface area (Å²) >= 11 is 1.83. The molecule has 1 aromatic carbocycles. The van der Waals surface area contributed by atoms with Crippen LogP contribution in [-0.2, 0) is 6.54 Å². The first-order valence-electron chi connectivity index (χ1n) is 9.17. The second kappa shape index (κ2) is 6.86. The minimum atomic E-state index is 0.505. The molecule has 3 heterocycles. The number of nitrogens with one attached hydrogen (secondary N) is 2. The van der Waals surface area contributed by atoms with Crippen molar-refractivity contribution in [1.29, 1.82) is 0 Å². The van der Waals surface area contributed by atoms with E-state index in [2.05, 4.69) is 67.1 Å². The zero-order chi connectivity index (χ0) is 18.3. The van der Waals surface area contributed by atoms with Crippen molar-refractivity contribution < 1.29 is 0 Å². The van der Waals surface area contributed by atoms with Crippen LogP contribution in [0.3, 0.4) is 0 Å². The molecule has 0 aliphatic carbocycles. The third-order valence-corrected chi connectivity index (χ3v) is 6.20. The predicted molar refractivity (Wildman–Crippen MR) is 112 cm³/mol. The highest BCUT2D eigenvalue weighted by Gasteiger charge is 2.24. The second-order valence-corrected chi connectivity index (χ2v) is 8.10. The molecule has 0 fully saturated rings. The van der Waals surface area contributed by atoms with Crippen molar-refractivity contribution in [3.8, 4) is 22.3 Å². The van der Waals surface area contributed by atoms with Gasteiger partial charge in [-0.05, 0) is 49.4 Å². The minimum absolute atomic E-state index is 0.505. The lowest BCUT2D eigenvalue weighted by Crippen LogP contribution is -2.14. The zero-order valence-electron chi connectivity index (χ0n) is 15.8. The number of aromatic nitrogens is 1. The van der Waals surface area contributed by atoms with Gasteiger partial charge in [-0.3, -0.25) is 4.98 Å². The fourth-order valence-corrected chi connectivity index (χ4v) is 4.78. The molecule has 1 aliphatic rings. The third-order valence-electron chi connectivity index (χ3n) is 5.28. The van der Waals surface area contributed by atoms with E-state index in [0.29, 0.717) is 5.92 Å². The van der Waals surface area contributed by atoms with Crippen LogP contribution in [0.1, 0.15) is 34.7 Å². The van der Waals surface area contributed by atoms with Gasteiger partial charge in [0, 0.05) is 33.8 Å². The Hall–Kier alpha value is -2.17. The van der Waals surface area contributed by atoms with E-state index in [9.17, 15) is 0 Å². The van der Waals surface area contributed by atoms with Gasteiger partial charge in [0.15, 0.2) is 0 Å². The monoisotopic (exact) mass is 363 g/mol. The highest BCUT2D eigenvalue weighted by atomic mass is 32.1. The summed E-state index contributed by atoms with van der Waals surface area (Å²) in [5.41, 5.74) is 9.90. The summed E-state index contributed by atoms with van der Waals surface area (Å²) in [7, 11) is 2.00. The number of rotatable bonds is 4. The number of aryl methyl sites for hydroxylation is 2. The molecule has 2 aromatic heterocycles. The molecular weight excluding hydrogens is 338 g/mol. The Morgan fingerprint density at radius 1 is 1.12 bits per heavy atom. The first-order valence-corrected chi connectivity index (χ1v) is 10.0. The lowest BCUT2D eigenvalue weighted by Gasteiger charge is -2.25. The van der Waals surface area contributed by atoms with E-state index in [-0.39, 0.29) is 0 Å². The summed E-state index contributed by atoms with van der Waals surface area (Å²) in [5.74, 6) is 0.505. The van der Waals surface area contributed by atoms with Gasteiger partial charge in [-0.1, -0.05) is 31.2 Å². The van der Waals surface area contributed by atoms with Crippen LogP contribution in [0.25, 0.3) is 22.3 Å². The van der Waals surface area contributed by atoms with Crippen molar-refractivity contribution in [1.82, 2.24) is 10.3 Å². The zero-order valence-corrected chi connectivity index (χ0v) is 16.6. The number of hydrogen-bond donors (Lipinski definition) is 2. The number of pyridine rings is 1. The van der Waals surface area contributed by atoms with Crippen molar-refractivity contribution in [2.75, 3.05) is 18.9 Å². The fraction of sp³-hybridized carbons (Fsp3) is 0.318. The Balaban J connectivity index is 1.86. The Kier molecular flexibility index (Phi) is 4.55. The van der Waals surface area contributed by atoms with E-state index in [1.807, 2.05) is 18.4 Å². The van der Waals surface area contributed by atoms with Crippen LogP contribution < -0.4 is 10.6 Å². The Labute approximate surface area is 159 Å². The van der Waals surface area contributed by atoms with Gasteiger partial charge in [-0.15, -0.1) is 11.3 Å². The van der Waals surface area contributed by atoms with Gasteiger partial charge < -0.3 is 10.6 Å². The number of fused-ring (bicyclic) bond motifs is 3. The van der Waals surface area contributed by atoms with E-state index in [1.54, 1.807) is 0 Å². The number of anilines is 1. The van der Waals surface area contributed by atoms with E-state index < -0.39 is 0 Å². The van der Waals surface area contributed by atoms with Crippen molar-refractivity contribution in [3.63, 3.8) is 0 Å². The quantitative estimate of drug-likeness (QED) is 0.657. The number of thiophene rings is 1. The average Bonchev–Trinajstić information content (AvgIpc) is 3.11. The van der Waals surface area contributed by atoms with E-state index in [1.165, 1.54) is 38.4 Å². The summed E-state index contributed by atoms with van der Waals surface area (Å²) in [6, 6.07) is 11.3. The molecule has 3 aromatic rings. The van der Waals surface area contributed by atoms with Gasteiger partial charge >= 0.3 is 0 Å². The van der Waals surface area contributed by atoms with Gasteiger partial charge in [0.1, 0.15) is 0 Å². The largest absolute Gasteiger partial charge is 0.378 e. The van der Waals surface area contributed by atoms with Crippen LogP contribution in [0, 0.1) is 13.8 Å². The normalized spacial score (nSPS) is 13.7. The molecule has 3 nitrogen and oxygen atoms in total. The van der Waals surface area contributed by atoms with Crippen LogP contribution in [0.2, 0.25) is 0 Å². The molecule has 0 saturated carbocycles. The Morgan fingerprint density at radius 2 is 1.88 bits per heavy atom. The molecule has 0 amide bonds. The molecule has 0 radical (unpaired) electrons. The molecule has 26 heavy (non-hydrogen) atoms. The van der Waals surface area contributed by atoms with E-state index >= 15 is 0 Å². The van der Waals surface area contributed by atoms with Gasteiger partial charge in [0.05, 0.1) is 17.9 Å². The van der Waals surface area contributed by atoms with Crippen LogP contribution in [0.15, 0.2) is 35.7 Å². The van der Waals surface area contributed by atoms with Crippen molar-refractivity contribution in [2.45, 2.75) is 33.2 Å². The van der Waals surface area contributed by atoms with Crippen LogP contribution in [0.5, 0.6) is 0 Å². The fourth-order valence-electron chi connectivity index (χ4n) is 3.96. The SMILES string of the molecule is CNC[C@H](C)c1ccc(-c2c(C)nc(C)c3c2-c2ccsc2CN3)cc1. The molecule has 2 N–H and O–H groups in total. The standard InChI is InChI=1S/C22H25N3S/c1-13(11-23-4)16-5-7-17(8-6-16)20-14(2)25-15(3)22-21(20)18-9-10-26-19(18)12-24-22/h5-10,13,23-24H,11-12H2,1-4H3/t13-/m0/s1. The molecule has 134 valence electrons. The van der Waals surface area contributed by atoms with E-state index in [0.717, 1.165) is 24.5 Å². The maximum absolute atomic E-state index is 4.84. The topological polar surface area (TPSA) is 37.0 Å². The van der Waals surface area contributed by atoms with Gasteiger partial charge in [0.2, 0.25) is 0 Å². The third kappa shape index (κ3) is 2.83. The molecule has 1 aliphatic heterocycles. The first-order chi connectivity index (χ1) is 12.6. The van der Waals surface area contributed by atoms with Crippen molar-refractivity contribution >= 4 is 17.0 Å². The first kappa shape index (κ1) is 17.3. The van der Waals surface area contributed by atoms with Crippen molar-refractivity contribution in [3.05, 3.63) is 57.5 Å². The lowest BCUT2D eigenvalue weighted by molar-refractivity contribution is 0.678. The average molecular weight is 364 g/mol. The highest BCUT2D eigenvalue weighted by Crippen LogP contribution is 2.46. The molecule has 1 atom stereocenters. The summed E-state index contributed by atoms with van der Waals surface area (Å²) in [6.45, 7) is 8.37. The molecule has 0 bridgehead atoms. The van der Waals surface area contributed by atoms with Crippen LogP contribution in [-0.4, -0.2) is 18.6 Å². The highest BCUT2D eigenvalue weighted by molar-refractivity contribution is 7.10. The number of benzene rings is 1. The number of hydrogen-bond acceptors (Lipinski definition) is 4.